The van der Waals surface area contributed by atoms with Gasteiger partial charge in [0.15, 0.2) is 18.1 Å². The summed E-state index contributed by atoms with van der Waals surface area (Å²) in [5.74, 6) is 1.65. The fourth-order valence-corrected chi connectivity index (χ4v) is 2.04. The number of rotatable bonds is 3. The summed E-state index contributed by atoms with van der Waals surface area (Å²) >= 11 is 0. The molecule has 0 saturated carbocycles. The van der Waals surface area contributed by atoms with E-state index in [0.717, 1.165) is 42.5 Å². The average molecular weight is 384 g/mol. The van der Waals surface area contributed by atoms with Gasteiger partial charge in [-0.2, -0.15) is 0 Å². The zero-order valence-corrected chi connectivity index (χ0v) is 13.3. The third-order valence-corrected chi connectivity index (χ3v) is 3.00. The molecule has 5 nitrogen and oxygen atoms in total. The molecule has 0 saturated heterocycles. The Balaban J connectivity index is 0.00000147. The molecule has 20 heavy (non-hydrogen) atoms. The number of aliphatic imine (C=N–C) groups is 1. The Bertz CT molecular complexity index is 568. The first kappa shape index (κ1) is 14.8. The van der Waals surface area contributed by atoms with Gasteiger partial charge in [-0.05, 0) is 6.42 Å². The minimum absolute atomic E-state index is 0. The van der Waals surface area contributed by atoms with Crippen LogP contribution in [-0.4, -0.2) is 24.0 Å². The Labute approximate surface area is 134 Å². The highest BCUT2D eigenvalue weighted by atomic mass is 127. The summed E-state index contributed by atoms with van der Waals surface area (Å²) in [7, 11) is 0. The van der Waals surface area contributed by atoms with Crippen LogP contribution in [0.4, 0.5) is 0 Å². The lowest BCUT2D eigenvalue weighted by atomic mass is 10.1. The molecule has 106 valence electrons. The number of halogens is 1. The molecule has 0 amide bonds. The first-order chi connectivity index (χ1) is 9.43. The molecule has 1 aromatic carbocycles. The number of aromatic nitrogens is 1. The SMILES string of the molecule is I.c1ccc(-c2ocnc2CNC2=NCCCN2)cc1. The van der Waals surface area contributed by atoms with Crippen molar-refractivity contribution in [3.63, 3.8) is 0 Å². The van der Waals surface area contributed by atoms with E-state index >= 15 is 0 Å². The van der Waals surface area contributed by atoms with Crippen LogP contribution in [0.15, 0.2) is 46.1 Å². The van der Waals surface area contributed by atoms with Gasteiger partial charge in [-0.15, -0.1) is 24.0 Å². The number of hydrogen-bond donors (Lipinski definition) is 2. The molecule has 0 bridgehead atoms. The summed E-state index contributed by atoms with van der Waals surface area (Å²) in [6.45, 7) is 2.45. The molecule has 0 spiro atoms. The van der Waals surface area contributed by atoms with E-state index in [1.807, 2.05) is 30.3 Å². The highest BCUT2D eigenvalue weighted by molar-refractivity contribution is 14.0. The van der Waals surface area contributed by atoms with Gasteiger partial charge in [-0.3, -0.25) is 4.99 Å². The number of hydrogen-bond acceptors (Lipinski definition) is 5. The van der Waals surface area contributed by atoms with Crippen LogP contribution >= 0.6 is 24.0 Å². The first-order valence-corrected chi connectivity index (χ1v) is 6.43. The molecule has 1 aliphatic heterocycles. The molecule has 3 rings (SSSR count). The maximum atomic E-state index is 5.48. The van der Waals surface area contributed by atoms with Crippen LogP contribution in [0.5, 0.6) is 0 Å². The zero-order chi connectivity index (χ0) is 12.9. The quantitative estimate of drug-likeness (QED) is 0.798. The van der Waals surface area contributed by atoms with E-state index in [2.05, 4.69) is 20.6 Å². The van der Waals surface area contributed by atoms with E-state index in [1.165, 1.54) is 6.39 Å². The molecule has 1 aromatic heterocycles. The van der Waals surface area contributed by atoms with Crippen molar-refractivity contribution in [2.45, 2.75) is 13.0 Å². The molecule has 0 fully saturated rings. The van der Waals surface area contributed by atoms with Crippen LogP contribution in [0.1, 0.15) is 12.1 Å². The average Bonchev–Trinajstić information content (AvgIpc) is 2.95. The smallest absolute Gasteiger partial charge is 0.191 e. The van der Waals surface area contributed by atoms with Crippen molar-refractivity contribution in [3.05, 3.63) is 42.4 Å². The van der Waals surface area contributed by atoms with Gasteiger partial charge < -0.3 is 15.1 Å². The number of guanidine groups is 1. The number of oxazole rings is 1. The Kier molecular flexibility index (Phi) is 5.40. The Morgan fingerprint density at radius 1 is 1.25 bits per heavy atom. The van der Waals surface area contributed by atoms with E-state index in [9.17, 15) is 0 Å². The van der Waals surface area contributed by atoms with Gasteiger partial charge in [0.05, 0.1) is 6.54 Å². The van der Waals surface area contributed by atoms with Crippen LogP contribution in [0.3, 0.4) is 0 Å². The number of benzene rings is 1. The van der Waals surface area contributed by atoms with E-state index in [-0.39, 0.29) is 24.0 Å². The van der Waals surface area contributed by atoms with E-state index in [0.29, 0.717) is 6.54 Å². The van der Waals surface area contributed by atoms with Gasteiger partial charge in [0.2, 0.25) is 0 Å². The third-order valence-electron chi connectivity index (χ3n) is 3.00. The lowest BCUT2D eigenvalue weighted by molar-refractivity contribution is 0.570. The highest BCUT2D eigenvalue weighted by Crippen LogP contribution is 2.22. The van der Waals surface area contributed by atoms with Crippen molar-refractivity contribution in [1.29, 1.82) is 0 Å². The predicted molar refractivity (Wildman–Crippen MR) is 89.1 cm³/mol. The molecule has 2 N–H and O–H groups in total. The van der Waals surface area contributed by atoms with Gasteiger partial charge in [-0.25, -0.2) is 4.98 Å². The minimum atomic E-state index is 0. The molecule has 0 atom stereocenters. The summed E-state index contributed by atoms with van der Waals surface area (Å²) in [5, 5.41) is 6.47. The van der Waals surface area contributed by atoms with Crippen molar-refractivity contribution < 1.29 is 4.42 Å². The summed E-state index contributed by atoms with van der Waals surface area (Å²) in [6.07, 6.45) is 2.57. The molecule has 0 aliphatic carbocycles. The Hall–Kier alpha value is -1.57. The lowest BCUT2D eigenvalue weighted by Crippen LogP contribution is -2.40. The van der Waals surface area contributed by atoms with E-state index in [4.69, 9.17) is 4.42 Å². The fourth-order valence-electron chi connectivity index (χ4n) is 2.04. The molecule has 6 heteroatoms. The molecule has 2 heterocycles. The lowest BCUT2D eigenvalue weighted by Gasteiger charge is -2.15. The molecule has 2 aromatic rings. The summed E-state index contributed by atoms with van der Waals surface area (Å²) in [6, 6.07) is 9.99. The second kappa shape index (κ2) is 7.28. The van der Waals surface area contributed by atoms with Crippen LogP contribution < -0.4 is 10.6 Å². The topological polar surface area (TPSA) is 62.5 Å². The van der Waals surface area contributed by atoms with Crippen LogP contribution in [0.25, 0.3) is 11.3 Å². The standard InChI is InChI=1S/C14H16N4O.HI/c1-2-5-11(6-3-1)13-12(18-10-19-13)9-17-14-15-7-4-8-16-14;/h1-3,5-6,10H,4,7-9H2,(H2,15,16,17);1H. The second-order valence-corrected chi connectivity index (χ2v) is 4.36. The van der Waals surface area contributed by atoms with Crippen molar-refractivity contribution >= 4 is 29.9 Å². The molecule has 0 radical (unpaired) electrons. The third kappa shape index (κ3) is 3.50. The molecule has 1 aliphatic rings. The molecular formula is C14H17IN4O. The summed E-state index contributed by atoms with van der Waals surface area (Å²) in [5.41, 5.74) is 1.93. The van der Waals surface area contributed by atoms with Crippen molar-refractivity contribution in [2.75, 3.05) is 13.1 Å². The second-order valence-electron chi connectivity index (χ2n) is 4.36. The summed E-state index contributed by atoms with van der Waals surface area (Å²) < 4.78 is 5.48. The van der Waals surface area contributed by atoms with Crippen molar-refractivity contribution in [2.24, 2.45) is 4.99 Å². The fraction of sp³-hybridized carbons (Fsp3) is 0.286. The molecule has 0 unspecified atom stereocenters. The zero-order valence-electron chi connectivity index (χ0n) is 11.0. The maximum Gasteiger partial charge on any atom is 0.191 e. The highest BCUT2D eigenvalue weighted by Gasteiger charge is 2.11. The van der Waals surface area contributed by atoms with Gasteiger partial charge in [0.25, 0.3) is 0 Å². The predicted octanol–water partition coefficient (Wildman–Crippen LogP) is 2.40. The van der Waals surface area contributed by atoms with E-state index in [1.54, 1.807) is 0 Å². The number of nitrogens with one attached hydrogen (secondary N) is 2. The Morgan fingerprint density at radius 3 is 2.85 bits per heavy atom. The largest absolute Gasteiger partial charge is 0.443 e. The van der Waals surface area contributed by atoms with Gasteiger partial charge in [0, 0.05) is 18.7 Å². The molecular weight excluding hydrogens is 367 g/mol. The summed E-state index contributed by atoms with van der Waals surface area (Å²) in [4.78, 5) is 8.63. The normalized spacial score (nSPS) is 13.9. The van der Waals surface area contributed by atoms with Crippen LogP contribution in [0.2, 0.25) is 0 Å². The Morgan fingerprint density at radius 2 is 2.10 bits per heavy atom. The van der Waals surface area contributed by atoms with Gasteiger partial charge in [0.1, 0.15) is 5.69 Å². The minimum Gasteiger partial charge on any atom is -0.443 e. The van der Waals surface area contributed by atoms with Crippen molar-refractivity contribution in [3.8, 4) is 11.3 Å². The maximum absolute atomic E-state index is 5.48. The van der Waals surface area contributed by atoms with Crippen LogP contribution in [0, 0.1) is 0 Å². The first-order valence-electron chi connectivity index (χ1n) is 6.43. The van der Waals surface area contributed by atoms with Gasteiger partial charge in [-0.1, -0.05) is 30.3 Å². The van der Waals surface area contributed by atoms with E-state index < -0.39 is 0 Å². The van der Waals surface area contributed by atoms with Crippen molar-refractivity contribution in [1.82, 2.24) is 15.6 Å². The van der Waals surface area contributed by atoms with Crippen LogP contribution in [-0.2, 0) is 6.54 Å². The van der Waals surface area contributed by atoms with Gasteiger partial charge >= 0.3 is 0 Å². The number of nitrogens with zero attached hydrogens (tertiary/aromatic N) is 2. The monoisotopic (exact) mass is 384 g/mol.